The predicted octanol–water partition coefficient (Wildman–Crippen LogP) is 0.397. The zero-order chi connectivity index (χ0) is 9.31. The highest BCUT2D eigenvalue weighted by Gasteiger charge is 2.73. The minimum atomic E-state index is -3.13. The van der Waals surface area contributed by atoms with Gasteiger partial charge in [0.2, 0.25) is 0 Å². The maximum absolute atomic E-state index is 11.5. The second-order valence-corrected chi connectivity index (χ2v) is 6.94. The van der Waals surface area contributed by atoms with Crippen LogP contribution in [0.25, 0.3) is 0 Å². The highest BCUT2D eigenvalue weighted by atomic mass is 32.2. The smallest absolute Gasteiger partial charge is 0.166 e. The summed E-state index contributed by atoms with van der Waals surface area (Å²) < 4.78 is 22.3. The number of Topliss-reactive ketones (excluding diaryl/α,β-unsaturated/α-hetero) is 1. The largest absolute Gasteiger partial charge is 0.298 e. The van der Waals surface area contributed by atoms with E-state index in [-0.39, 0.29) is 17.6 Å². The van der Waals surface area contributed by atoms with E-state index in [2.05, 4.69) is 0 Å². The molecule has 1 saturated heterocycles. The van der Waals surface area contributed by atoms with Gasteiger partial charge in [0.05, 0.1) is 4.75 Å². The zero-order valence-electron chi connectivity index (χ0n) is 7.37. The van der Waals surface area contributed by atoms with Crippen molar-refractivity contribution in [3.8, 4) is 0 Å². The van der Waals surface area contributed by atoms with Gasteiger partial charge in [0.25, 0.3) is 0 Å². The molecule has 4 heteroatoms. The van der Waals surface area contributed by atoms with Crippen LogP contribution < -0.4 is 0 Å². The molecular formula is C8H12O3S. The van der Waals surface area contributed by atoms with Gasteiger partial charge in [-0.25, -0.2) is 8.42 Å². The number of carbonyl (C=O) groups is 1. The first-order valence-electron chi connectivity index (χ1n) is 4.09. The topological polar surface area (TPSA) is 51.2 Å². The Labute approximate surface area is 72.1 Å². The Bertz CT molecular complexity index is 352. The van der Waals surface area contributed by atoms with Crippen molar-refractivity contribution >= 4 is 15.6 Å². The van der Waals surface area contributed by atoms with Crippen LogP contribution in [0.15, 0.2) is 0 Å². The molecule has 0 radical (unpaired) electrons. The third kappa shape index (κ3) is 0.533. The summed E-state index contributed by atoms with van der Waals surface area (Å²) in [7, 11) is -3.13. The quantitative estimate of drug-likeness (QED) is 0.553. The van der Waals surface area contributed by atoms with Gasteiger partial charge in [-0.2, -0.15) is 0 Å². The van der Waals surface area contributed by atoms with Crippen LogP contribution in [-0.4, -0.2) is 24.2 Å². The molecule has 2 aliphatic rings. The molecule has 0 amide bonds. The summed E-state index contributed by atoms with van der Waals surface area (Å²) in [4.78, 5) is 11.1. The fourth-order valence-corrected chi connectivity index (χ4v) is 5.15. The van der Waals surface area contributed by atoms with Crippen molar-refractivity contribution in [2.45, 2.75) is 30.8 Å². The molecule has 0 spiro atoms. The number of fused-ring (bicyclic) bond motifs is 1. The standard InChI is InChI=1S/C8H12O3S/c1-4-5-7(6(4)9)12(10,11)8(5,2)3/h4-5,7H,1-3H3/t4-,5-,7+/m0/s1. The molecule has 0 bridgehead atoms. The van der Waals surface area contributed by atoms with Gasteiger partial charge in [0, 0.05) is 11.8 Å². The lowest BCUT2D eigenvalue weighted by Gasteiger charge is -2.59. The summed E-state index contributed by atoms with van der Waals surface area (Å²) in [5.41, 5.74) is 0. The molecule has 0 unspecified atom stereocenters. The van der Waals surface area contributed by atoms with Gasteiger partial charge in [-0.1, -0.05) is 6.92 Å². The molecule has 0 aromatic carbocycles. The van der Waals surface area contributed by atoms with Gasteiger partial charge < -0.3 is 0 Å². The molecule has 3 atom stereocenters. The Balaban J connectivity index is 2.45. The molecule has 0 N–H and O–H groups in total. The lowest BCUT2D eigenvalue weighted by Crippen LogP contribution is -2.76. The number of sulfone groups is 1. The van der Waals surface area contributed by atoms with Gasteiger partial charge in [0.15, 0.2) is 15.6 Å². The molecule has 0 aromatic rings. The maximum atomic E-state index is 11.5. The third-order valence-electron chi connectivity index (χ3n) is 3.46. The average Bonchev–Trinajstić information content (AvgIpc) is 1.96. The van der Waals surface area contributed by atoms with Crippen molar-refractivity contribution in [1.82, 2.24) is 0 Å². The zero-order valence-corrected chi connectivity index (χ0v) is 8.18. The molecule has 0 aromatic heterocycles. The summed E-state index contributed by atoms with van der Waals surface area (Å²) in [5, 5.41) is -0.650. The van der Waals surface area contributed by atoms with E-state index >= 15 is 0 Å². The summed E-state index contributed by atoms with van der Waals surface area (Å²) >= 11 is 0. The van der Waals surface area contributed by atoms with Gasteiger partial charge in [-0.15, -0.1) is 0 Å². The second-order valence-electron chi connectivity index (χ2n) is 4.29. The van der Waals surface area contributed by atoms with Gasteiger partial charge in [-0.3, -0.25) is 4.79 Å². The molecule has 1 aliphatic carbocycles. The van der Waals surface area contributed by atoms with E-state index in [0.29, 0.717) is 0 Å². The summed E-state index contributed by atoms with van der Waals surface area (Å²) in [6.07, 6.45) is 0. The monoisotopic (exact) mass is 188 g/mol. The fraction of sp³-hybridized carbons (Fsp3) is 0.875. The van der Waals surface area contributed by atoms with Gasteiger partial charge in [-0.05, 0) is 13.8 Å². The number of carbonyl (C=O) groups excluding carboxylic acids is 1. The maximum Gasteiger partial charge on any atom is 0.166 e. The van der Waals surface area contributed by atoms with Crippen LogP contribution in [0.4, 0.5) is 0 Å². The van der Waals surface area contributed by atoms with Crippen molar-refractivity contribution in [1.29, 1.82) is 0 Å². The first-order chi connectivity index (χ1) is 5.32. The third-order valence-corrected chi connectivity index (χ3v) is 6.40. The number of rotatable bonds is 0. The van der Waals surface area contributed by atoms with E-state index in [9.17, 15) is 13.2 Å². The van der Waals surface area contributed by atoms with Crippen LogP contribution in [-0.2, 0) is 14.6 Å². The summed E-state index contributed by atoms with van der Waals surface area (Å²) in [5.74, 6) is -0.0529. The van der Waals surface area contributed by atoms with E-state index in [1.54, 1.807) is 13.8 Å². The Morgan fingerprint density at radius 1 is 1.33 bits per heavy atom. The van der Waals surface area contributed by atoms with E-state index in [1.165, 1.54) is 0 Å². The van der Waals surface area contributed by atoms with Gasteiger partial charge in [0.1, 0.15) is 5.25 Å². The highest BCUT2D eigenvalue weighted by molar-refractivity contribution is 7.95. The molecule has 2 rings (SSSR count). The van der Waals surface area contributed by atoms with Crippen LogP contribution in [0.5, 0.6) is 0 Å². The lowest BCUT2D eigenvalue weighted by molar-refractivity contribution is -0.135. The van der Waals surface area contributed by atoms with Crippen molar-refractivity contribution in [2.75, 3.05) is 0 Å². The van der Waals surface area contributed by atoms with Crippen LogP contribution >= 0.6 is 0 Å². The molecule has 1 heterocycles. The van der Waals surface area contributed by atoms with Crippen molar-refractivity contribution in [3.05, 3.63) is 0 Å². The van der Waals surface area contributed by atoms with E-state index in [1.807, 2.05) is 6.92 Å². The number of hydrogen-bond donors (Lipinski definition) is 0. The lowest BCUT2D eigenvalue weighted by atomic mass is 9.65. The van der Waals surface area contributed by atoms with Crippen molar-refractivity contribution < 1.29 is 13.2 Å². The fourth-order valence-electron chi connectivity index (χ4n) is 2.51. The van der Waals surface area contributed by atoms with E-state index < -0.39 is 19.8 Å². The first-order valence-corrected chi connectivity index (χ1v) is 5.63. The summed E-state index contributed by atoms with van der Waals surface area (Å²) in [6, 6.07) is 0. The number of ketones is 1. The van der Waals surface area contributed by atoms with Crippen LogP contribution in [0.1, 0.15) is 20.8 Å². The highest BCUT2D eigenvalue weighted by Crippen LogP contribution is 2.57. The van der Waals surface area contributed by atoms with Crippen molar-refractivity contribution in [2.24, 2.45) is 11.8 Å². The molecular weight excluding hydrogens is 176 g/mol. The Kier molecular flexibility index (Phi) is 1.21. The minimum Gasteiger partial charge on any atom is -0.298 e. The predicted molar refractivity (Wildman–Crippen MR) is 44.4 cm³/mol. The molecule has 1 aliphatic heterocycles. The van der Waals surface area contributed by atoms with Crippen LogP contribution in [0.2, 0.25) is 0 Å². The Hall–Kier alpha value is -0.380. The molecule has 1 saturated carbocycles. The number of hydrogen-bond acceptors (Lipinski definition) is 3. The van der Waals surface area contributed by atoms with E-state index in [0.717, 1.165) is 0 Å². The Morgan fingerprint density at radius 2 is 1.83 bits per heavy atom. The molecule has 3 nitrogen and oxygen atoms in total. The SMILES string of the molecule is C[C@@H]1C(=O)[C@H]2[C@H]1C(C)(C)S2(=O)=O. The first kappa shape index (κ1) is 8.23. The molecule has 12 heavy (non-hydrogen) atoms. The Morgan fingerprint density at radius 3 is 2.25 bits per heavy atom. The normalized spacial score (nSPS) is 47.2. The molecule has 2 fully saturated rings. The van der Waals surface area contributed by atoms with Crippen LogP contribution in [0.3, 0.4) is 0 Å². The van der Waals surface area contributed by atoms with E-state index in [4.69, 9.17) is 0 Å². The van der Waals surface area contributed by atoms with Gasteiger partial charge >= 0.3 is 0 Å². The van der Waals surface area contributed by atoms with Crippen LogP contribution in [0, 0.1) is 11.8 Å². The minimum absolute atomic E-state index is 0.0477. The second kappa shape index (κ2) is 1.76. The molecule has 68 valence electrons. The summed E-state index contributed by atoms with van der Waals surface area (Å²) in [6.45, 7) is 5.25. The average molecular weight is 188 g/mol. The van der Waals surface area contributed by atoms with Crippen molar-refractivity contribution in [3.63, 3.8) is 0 Å².